The van der Waals surface area contributed by atoms with E-state index >= 15 is 0 Å². The number of hydrogen-bond acceptors (Lipinski definition) is 4. The molecule has 5 nitrogen and oxygen atoms in total. The summed E-state index contributed by atoms with van der Waals surface area (Å²) >= 11 is 0. The van der Waals surface area contributed by atoms with Gasteiger partial charge in [-0.15, -0.1) is 0 Å². The minimum absolute atomic E-state index is 0.0731. The predicted molar refractivity (Wildman–Crippen MR) is 56.4 cm³/mol. The first kappa shape index (κ1) is 9.26. The third-order valence-corrected chi connectivity index (χ3v) is 1.98. The van der Waals surface area contributed by atoms with Crippen molar-refractivity contribution in [3.05, 3.63) is 40.8 Å². The van der Waals surface area contributed by atoms with Crippen molar-refractivity contribution in [1.82, 2.24) is 9.97 Å². The van der Waals surface area contributed by atoms with Crippen molar-refractivity contribution in [3.8, 4) is 16.9 Å². The molecule has 2 rings (SSSR count). The summed E-state index contributed by atoms with van der Waals surface area (Å²) in [6.07, 6.45) is 1.38. The Labute approximate surface area is 85.2 Å². The molecule has 76 valence electrons. The van der Waals surface area contributed by atoms with Crippen LogP contribution in [-0.2, 0) is 0 Å². The lowest BCUT2D eigenvalue weighted by Crippen LogP contribution is -2.12. The molecule has 2 aromatic rings. The number of phenols is 1. The SMILES string of the molecule is Nc1ncc(-c2cccc(O)c2)c(=O)[nH]1. The normalized spacial score (nSPS) is 10.1. The van der Waals surface area contributed by atoms with Gasteiger partial charge in [-0.25, -0.2) is 4.98 Å². The summed E-state index contributed by atoms with van der Waals surface area (Å²) in [5.41, 5.74) is 5.97. The number of H-pyrrole nitrogens is 1. The van der Waals surface area contributed by atoms with E-state index in [0.717, 1.165) is 0 Å². The Hall–Kier alpha value is -2.30. The number of phenolic OH excluding ortho intramolecular Hbond substituents is 1. The number of rotatable bonds is 1. The maximum absolute atomic E-state index is 11.5. The Bertz CT molecular complexity index is 548. The van der Waals surface area contributed by atoms with E-state index in [1.807, 2.05) is 0 Å². The molecule has 1 heterocycles. The van der Waals surface area contributed by atoms with Gasteiger partial charge in [-0.05, 0) is 17.7 Å². The fourth-order valence-electron chi connectivity index (χ4n) is 1.29. The van der Waals surface area contributed by atoms with Crippen LogP contribution in [0.15, 0.2) is 35.3 Å². The van der Waals surface area contributed by atoms with Gasteiger partial charge >= 0.3 is 0 Å². The van der Waals surface area contributed by atoms with Crippen LogP contribution in [0.1, 0.15) is 0 Å². The van der Waals surface area contributed by atoms with E-state index in [0.29, 0.717) is 11.1 Å². The van der Waals surface area contributed by atoms with Crippen molar-refractivity contribution in [2.45, 2.75) is 0 Å². The van der Waals surface area contributed by atoms with E-state index in [9.17, 15) is 9.90 Å². The molecular formula is C10H9N3O2. The fourth-order valence-corrected chi connectivity index (χ4v) is 1.29. The van der Waals surface area contributed by atoms with Crippen LogP contribution in [0.2, 0.25) is 0 Å². The Morgan fingerprint density at radius 1 is 1.40 bits per heavy atom. The Balaban J connectivity index is 2.59. The van der Waals surface area contributed by atoms with E-state index in [-0.39, 0.29) is 17.3 Å². The predicted octanol–water partition coefficient (Wildman–Crippen LogP) is 0.725. The summed E-state index contributed by atoms with van der Waals surface area (Å²) < 4.78 is 0. The van der Waals surface area contributed by atoms with Gasteiger partial charge in [0.2, 0.25) is 0 Å². The van der Waals surface area contributed by atoms with Crippen LogP contribution in [0.3, 0.4) is 0 Å². The number of nitrogens with zero attached hydrogens (tertiary/aromatic N) is 1. The van der Waals surface area contributed by atoms with Gasteiger partial charge in [0.15, 0.2) is 5.95 Å². The van der Waals surface area contributed by atoms with Gasteiger partial charge < -0.3 is 10.8 Å². The topological polar surface area (TPSA) is 92.0 Å². The van der Waals surface area contributed by atoms with Gasteiger partial charge in [0.25, 0.3) is 5.56 Å². The molecule has 0 amide bonds. The van der Waals surface area contributed by atoms with Crippen molar-refractivity contribution in [3.63, 3.8) is 0 Å². The molecule has 0 aliphatic carbocycles. The van der Waals surface area contributed by atoms with Crippen molar-refractivity contribution in [1.29, 1.82) is 0 Å². The number of anilines is 1. The second kappa shape index (κ2) is 3.45. The molecular weight excluding hydrogens is 194 g/mol. The maximum Gasteiger partial charge on any atom is 0.260 e. The molecule has 0 aliphatic heterocycles. The molecule has 1 aromatic heterocycles. The number of aromatic nitrogens is 2. The van der Waals surface area contributed by atoms with E-state index in [1.54, 1.807) is 12.1 Å². The summed E-state index contributed by atoms with van der Waals surface area (Å²) in [6, 6.07) is 6.38. The average Bonchev–Trinajstić information content (AvgIpc) is 2.17. The number of nitrogens with two attached hydrogens (primary N) is 1. The van der Waals surface area contributed by atoms with Gasteiger partial charge in [-0.3, -0.25) is 9.78 Å². The molecule has 0 saturated carbocycles. The lowest BCUT2D eigenvalue weighted by molar-refractivity contribution is 0.475. The zero-order chi connectivity index (χ0) is 10.8. The van der Waals surface area contributed by atoms with Gasteiger partial charge in [-0.1, -0.05) is 12.1 Å². The number of aromatic hydroxyl groups is 1. The number of benzene rings is 1. The van der Waals surface area contributed by atoms with E-state index in [4.69, 9.17) is 5.73 Å². The minimum atomic E-state index is -0.326. The molecule has 15 heavy (non-hydrogen) atoms. The molecule has 4 N–H and O–H groups in total. The van der Waals surface area contributed by atoms with E-state index < -0.39 is 0 Å². The maximum atomic E-state index is 11.5. The van der Waals surface area contributed by atoms with Crippen LogP contribution < -0.4 is 11.3 Å². The molecule has 5 heteroatoms. The fraction of sp³-hybridized carbons (Fsp3) is 0. The smallest absolute Gasteiger partial charge is 0.260 e. The highest BCUT2D eigenvalue weighted by atomic mass is 16.3. The number of aromatic amines is 1. The van der Waals surface area contributed by atoms with Crippen LogP contribution in [0.4, 0.5) is 5.95 Å². The summed E-state index contributed by atoms with van der Waals surface area (Å²) in [4.78, 5) is 17.7. The molecule has 0 unspecified atom stereocenters. The van der Waals surface area contributed by atoms with Crippen LogP contribution >= 0.6 is 0 Å². The van der Waals surface area contributed by atoms with Gasteiger partial charge in [-0.2, -0.15) is 0 Å². The lowest BCUT2D eigenvalue weighted by atomic mass is 10.1. The van der Waals surface area contributed by atoms with Crippen molar-refractivity contribution in [2.75, 3.05) is 5.73 Å². The highest BCUT2D eigenvalue weighted by Crippen LogP contribution is 2.19. The molecule has 0 radical (unpaired) electrons. The Morgan fingerprint density at radius 2 is 2.20 bits per heavy atom. The summed E-state index contributed by atoms with van der Waals surface area (Å²) in [6.45, 7) is 0. The van der Waals surface area contributed by atoms with E-state index in [2.05, 4.69) is 9.97 Å². The van der Waals surface area contributed by atoms with Crippen LogP contribution in [0, 0.1) is 0 Å². The third-order valence-electron chi connectivity index (χ3n) is 1.98. The van der Waals surface area contributed by atoms with Gasteiger partial charge in [0.05, 0.1) is 5.56 Å². The van der Waals surface area contributed by atoms with E-state index in [1.165, 1.54) is 18.3 Å². The van der Waals surface area contributed by atoms with Gasteiger partial charge in [0.1, 0.15) is 5.75 Å². The molecule has 0 spiro atoms. The van der Waals surface area contributed by atoms with Crippen LogP contribution in [-0.4, -0.2) is 15.1 Å². The second-order valence-corrected chi connectivity index (χ2v) is 3.06. The highest BCUT2D eigenvalue weighted by Gasteiger charge is 2.04. The lowest BCUT2D eigenvalue weighted by Gasteiger charge is -2.00. The summed E-state index contributed by atoms with van der Waals surface area (Å²) in [5.74, 6) is 0.174. The standard InChI is InChI=1S/C10H9N3O2/c11-10-12-5-8(9(15)13-10)6-2-1-3-7(14)4-6/h1-5,14H,(H3,11,12,13,15). The second-order valence-electron chi connectivity index (χ2n) is 3.06. The quantitative estimate of drug-likeness (QED) is 0.636. The van der Waals surface area contributed by atoms with Crippen LogP contribution in [0.5, 0.6) is 5.75 Å². The third kappa shape index (κ3) is 1.80. The Morgan fingerprint density at radius 3 is 2.87 bits per heavy atom. The molecule has 0 saturated heterocycles. The first-order valence-electron chi connectivity index (χ1n) is 4.31. The summed E-state index contributed by atoms with van der Waals surface area (Å²) in [5, 5.41) is 9.26. The number of nitrogen functional groups attached to an aromatic ring is 1. The summed E-state index contributed by atoms with van der Waals surface area (Å²) in [7, 11) is 0. The largest absolute Gasteiger partial charge is 0.508 e. The average molecular weight is 203 g/mol. The highest BCUT2D eigenvalue weighted by molar-refractivity contribution is 5.63. The Kier molecular flexibility index (Phi) is 2.13. The minimum Gasteiger partial charge on any atom is -0.508 e. The zero-order valence-electron chi connectivity index (χ0n) is 7.77. The van der Waals surface area contributed by atoms with Crippen molar-refractivity contribution in [2.24, 2.45) is 0 Å². The molecule has 1 aromatic carbocycles. The molecule has 0 atom stereocenters. The first-order chi connectivity index (χ1) is 7.16. The molecule has 0 aliphatic rings. The molecule has 0 fully saturated rings. The molecule has 0 bridgehead atoms. The number of hydrogen-bond donors (Lipinski definition) is 3. The monoisotopic (exact) mass is 203 g/mol. The zero-order valence-corrected chi connectivity index (χ0v) is 7.77. The van der Waals surface area contributed by atoms with Crippen molar-refractivity contribution >= 4 is 5.95 Å². The number of nitrogens with one attached hydrogen (secondary N) is 1. The first-order valence-corrected chi connectivity index (χ1v) is 4.31. The van der Waals surface area contributed by atoms with Crippen LogP contribution in [0.25, 0.3) is 11.1 Å². The van der Waals surface area contributed by atoms with Crippen molar-refractivity contribution < 1.29 is 5.11 Å². The van der Waals surface area contributed by atoms with Gasteiger partial charge in [0, 0.05) is 6.20 Å².